The number of halogens is 1. The molecule has 1 aromatic carbocycles. The maximum absolute atomic E-state index is 6.42. The molecule has 1 aliphatic rings. The van der Waals surface area contributed by atoms with Crippen molar-refractivity contribution >= 4 is 17.3 Å². The Morgan fingerprint density at radius 3 is 3.00 bits per heavy atom. The standard InChI is InChI=1S/C15H23ClN2/c1-3-17-10-13-7-4-8-14(16)15(13)18-9-5-6-12(2)11-18/h4,7-8,12,17H,3,5-6,9-11H2,1-2H3. The highest BCUT2D eigenvalue weighted by atomic mass is 35.5. The van der Waals surface area contributed by atoms with Crippen molar-refractivity contribution < 1.29 is 0 Å². The van der Waals surface area contributed by atoms with Crippen LogP contribution in [0.25, 0.3) is 0 Å². The van der Waals surface area contributed by atoms with Gasteiger partial charge in [0.05, 0.1) is 10.7 Å². The van der Waals surface area contributed by atoms with Gasteiger partial charge in [0.1, 0.15) is 0 Å². The number of nitrogens with one attached hydrogen (secondary N) is 1. The molecule has 0 spiro atoms. The van der Waals surface area contributed by atoms with Gasteiger partial charge in [0.15, 0.2) is 0 Å². The van der Waals surface area contributed by atoms with Crippen LogP contribution in [0.3, 0.4) is 0 Å². The molecule has 100 valence electrons. The highest BCUT2D eigenvalue weighted by molar-refractivity contribution is 6.33. The SMILES string of the molecule is CCNCc1cccc(Cl)c1N1CCCC(C)C1. The van der Waals surface area contributed by atoms with E-state index < -0.39 is 0 Å². The molecule has 1 unspecified atom stereocenters. The van der Waals surface area contributed by atoms with Gasteiger partial charge in [-0.05, 0) is 36.9 Å². The Bertz CT molecular complexity index is 392. The zero-order valence-corrected chi connectivity index (χ0v) is 12.1. The molecule has 1 heterocycles. The summed E-state index contributed by atoms with van der Waals surface area (Å²) in [5, 5.41) is 4.29. The number of anilines is 1. The summed E-state index contributed by atoms with van der Waals surface area (Å²) < 4.78 is 0. The highest BCUT2D eigenvalue weighted by Crippen LogP contribution is 2.33. The Labute approximate surface area is 115 Å². The smallest absolute Gasteiger partial charge is 0.0642 e. The van der Waals surface area contributed by atoms with Crippen LogP contribution in [0.15, 0.2) is 18.2 Å². The maximum Gasteiger partial charge on any atom is 0.0642 e. The van der Waals surface area contributed by atoms with Crippen molar-refractivity contribution in [2.24, 2.45) is 5.92 Å². The second-order valence-corrected chi connectivity index (χ2v) is 5.63. The van der Waals surface area contributed by atoms with Crippen molar-refractivity contribution in [3.8, 4) is 0 Å². The van der Waals surface area contributed by atoms with E-state index in [1.165, 1.54) is 24.1 Å². The predicted molar refractivity (Wildman–Crippen MR) is 79.4 cm³/mol. The minimum atomic E-state index is 0.766. The molecule has 0 aliphatic carbocycles. The van der Waals surface area contributed by atoms with Crippen molar-refractivity contribution in [3.05, 3.63) is 28.8 Å². The van der Waals surface area contributed by atoms with Crippen LogP contribution >= 0.6 is 11.6 Å². The molecular weight excluding hydrogens is 244 g/mol. The average molecular weight is 267 g/mol. The fourth-order valence-electron chi connectivity index (χ4n) is 2.71. The van der Waals surface area contributed by atoms with Gasteiger partial charge >= 0.3 is 0 Å². The summed E-state index contributed by atoms with van der Waals surface area (Å²) in [6, 6.07) is 6.24. The van der Waals surface area contributed by atoms with E-state index in [0.717, 1.165) is 37.1 Å². The van der Waals surface area contributed by atoms with Gasteiger partial charge in [-0.2, -0.15) is 0 Å². The van der Waals surface area contributed by atoms with Crippen LogP contribution in [0, 0.1) is 5.92 Å². The van der Waals surface area contributed by atoms with Gasteiger partial charge in [0.25, 0.3) is 0 Å². The molecule has 1 saturated heterocycles. The molecule has 1 aliphatic heterocycles. The summed E-state index contributed by atoms with van der Waals surface area (Å²) >= 11 is 6.42. The molecule has 1 fully saturated rings. The van der Waals surface area contributed by atoms with Crippen LogP contribution in [-0.4, -0.2) is 19.6 Å². The van der Waals surface area contributed by atoms with Gasteiger partial charge in [-0.15, -0.1) is 0 Å². The molecule has 1 atom stereocenters. The molecule has 0 radical (unpaired) electrons. The van der Waals surface area contributed by atoms with E-state index in [9.17, 15) is 0 Å². The topological polar surface area (TPSA) is 15.3 Å². The van der Waals surface area contributed by atoms with E-state index in [-0.39, 0.29) is 0 Å². The number of benzene rings is 1. The Balaban J connectivity index is 2.23. The average Bonchev–Trinajstić information content (AvgIpc) is 2.36. The third-order valence-electron chi connectivity index (χ3n) is 3.61. The number of hydrogen-bond acceptors (Lipinski definition) is 2. The van der Waals surface area contributed by atoms with Crippen LogP contribution in [0.5, 0.6) is 0 Å². The second-order valence-electron chi connectivity index (χ2n) is 5.22. The molecule has 2 rings (SSSR count). The normalized spacial score (nSPS) is 20.2. The van der Waals surface area contributed by atoms with E-state index in [1.54, 1.807) is 0 Å². The second kappa shape index (κ2) is 6.44. The molecule has 1 N–H and O–H groups in total. The van der Waals surface area contributed by atoms with Crippen molar-refractivity contribution in [1.29, 1.82) is 0 Å². The number of hydrogen-bond donors (Lipinski definition) is 1. The quantitative estimate of drug-likeness (QED) is 0.894. The Kier molecular flexibility index (Phi) is 4.90. The van der Waals surface area contributed by atoms with Crippen LogP contribution < -0.4 is 10.2 Å². The fourth-order valence-corrected chi connectivity index (χ4v) is 3.02. The van der Waals surface area contributed by atoms with Crippen molar-refractivity contribution in [1.82, 2.24) is 5.32 Å². The first-order chi connectivity index (χ1) is 8.72. The Morgan fingerprint density at radius 2 is 2.28 bits per heavy atom. The van der Waals surface area contributed by atoms with Crippen LogP contribution in [0.2, 0.25) is 5.02 Å². The van der Waals surface area contributed by atoms with Crippen molar-refractivity contribution in [2.45, 2.75) is 33.2 Å². The summed E-state index contributed by atoms with van der Waals surface area (Å²) in [6.07, 6.45) is 2.61. The first-order valence-electron chi connectivity index (χ1n) is 6.95. The zero-order chi connectivity index (χ0) is 13.0. The lowest BCUT2D eigenvalue weighted by Gasteiger charge is -2.34. The van der Waals surface area contributed by atoms with Gasteiger partial charge in [-0.3, -0.25) is 0 Å². The predicted octanol–water partition coefficient (Wildman–Crippen LogP) is 3.69. The lowest BCUT2D eigenvalue weighted by Crippen LogP contribution is -2.35. The van der Waals surface area contributed by atoms with Gasteiger partial charge in [-0.1, -0.05) is 37.6 Å². The monoisotopic (exact) mass is 266 g/mol. The number of piperidine rings is 1. The zero-order valence-electron chi connectivity index (χ0n) is 11.4. The maximum atomic E-state index is 6.42. The van der Waals surface area contributed by atoms with Crippen LogP contribution in [-0.2, 0) is 6.54 Å². The largest absolute Gasteiger partial charge is 0.370 e. The third-order valence-corrected chi connectivity index (χ3v) is 3.91. The molecule has 0 bridgehead atoms. The Hall–Kier alpha value is -0.730. The van der Waals surface area contributed by atoms with E-state index >= 15 is 0 Å². The molecule has 18 heavy (non-hydrogen) atoms. The van der Waals surface area contributed by atoms with Gasteiger partial charge in [-0.25, -0.2) is 0 Å². The van der Waals surface area contributed by atoms with E-state index in [2.05, 4.69) is 30.1 Å². The summed E-state index contributed by atoms with van der Waals surface area (Å²) in [7, 11) is 0. The minimum Gasteiger partial charge on any atom is -0.370 e. The first kappa shape index (κ1) is 13.7. The molecule has 0 aromatic heterocycles. The van der Waals surface area contributed by atoms with Crippen LogP contribution in [0.4, 0.5) is 5.69 Å². The van der Waals surface area contributed by atoms with Gasteiger partial charge in [0, 0.05) is 19.6 Å². The van der Waals surface area contributed by atoms with Gasteiger partial charge in [0.2, 0.25) is 0 Å². The minimum absolute atomic E-state index is 0.766. The van der Waals surface area contributed by atoms with E-state index in [1.807, 2.05) is 12.1 Å². The summed E-state index contributed by atoms with van der Waals surface area (Å²) in [5.41, 5.74) is 2.56. The van der Waals surface area contributed by atoms with Crippen molar-refractivity contribution in [3.63, 3.8) is 0 Å². The molecule has 1 aromatic rings. The fraction of sp³-hybridized carbons (Fsp3) is 0.600. The molecule has 3 heteroatoms. The number of nitrogens with zero attached hydrogens (tertiary/aromatic N) is 1. The summed E-state index contributed by atoms with van der Waals surface area (Å²) in [5.74, 6) is 0.766. The molecule has 2 nitrogen and oxygen atoms in total. The lowest BCUT2D eigenvalue weighted by molar-refractivity contribution is 0.446. The Morgan fingerprint density at radius 1 is 1.44 bits per heavy atom. The lowest BCUT2D eigenvalue weighted by atomic mass is 9.99. The third kappa shape index (κ3) is 3.18. The highest BCUT2D eigenvalue weighted by Gasteiger charge is 2.20. The van der Waals surface area contributed by atoms with Crippen molar-refractivity contribution in [2.75, 3.05) is 24.5 Å². The first-order valence-corrected chi connectivity index (χ1v) is 7.33. The molecular formula is C15H23ClN2. The summed E-state index contributed by atoms with van der Waals surface area (Å²) in [6.45, 7) is 8.61. The van der Waals surface area contributed by atoms with Gasteiger partial charge < -0.3 is 10.2 Å². The van der Waals surface area contributed by atoms with Crippen LogP contribution in [0.1, 0.15) is 32.3 Å². The number of para-hydroxylation sites is 1. The molecule has 0 amide bonds. The van der Waals surface area contributed by atoms with E-state index in [4.69, 9.17) is 11.6 Å². The van der Waals surface area contributed by atoms with E-state index in [0.29, 0.717) is 0 Å². The number of rotatable bonds is 4. The molecule has 0 saturated carbocycles. The summed E-state index contributed by atoms with van der Waals surface area (Å²) in [4.78, 5) is 2.46.